The first-order valence-corrected chi connectivity index (χ1v) is 12.4. The number of aliphatic hydroxyl groups is 1. The lowest BCUT2D eigenvalue weighted by Gasteiger charge is -2.12. The van der Waals surface area contributed by atoms with E-state index >= 15 is 0 Å². The van der Waals surface area contributed by atoms with Crippen molar-refractivity contribution in [3.63, 3.8) is 0 Å². The first-order valence-electron chi connectivity index (χ1n) is 12.4. The van der Waals surface area contributed by atoms with E-state index in [2.05, 4.69) is 20.0 Å². The molecule has 10 N–H and O–H groups in total. The summed E-state index contributed by atoms with van der Waals surface area (Å²) >= 11 is 0. The molecule has 17 nitrogen and oxygen atoms in total. The Labute approximate surface area is 247 Å². The van der Waals surface area contributed by atoms with E-state index in [4.69, 9.17) is 53.2 Å². The van der Waals surface area contributed by atoms with Gasteiger partial charge in [0.05, 0.1) is 57.3 Å². The highest BCUT2D eigenvalue weighted by Crippen LogP contribution is 2.13. The largest absolute Gasteiger partial charge is 0.469 e. The number of hydrazone groups is 1. The molecule has 1 heterocycles. The second-order valence-electron chi connectivity index (χ2n) is 8.42. The third-order valence-corrected chi connectivity index (χ3v) is 4.39. The molecule has 1 aliphatic heterocycles. The van der Waals surface area contributed by atoms with Gasteiger partial charge in [0.15, 0.2) is 7.85 Å². The molecule has 1 fully saturated rings. The number of nitrogens with two attached hydrogens (primary N) is 4. The molecule has 1 saturated heterocycles. The molecule has 1 rings (SSSR count). The SMILES string of the molecule is CCOC1OC(=O)CC1N.COC(=O)CC(N)/C=N/NC(C)=O.[B]C(=O)C(N)CC(=O)OC.[B]C(O)C(N)CC(C)=O. The van der Waals surface area contributed by atoms with E-state index in [1.807, 2.05) is 6.92 Å². The van der Waals surface area contributed by atoms with Crippen LogP contribution in [0.5, 0.6) is 0 Å². The average molecular weight is 600 g/mol. The quantitative estimate of drug-likeness (QED) is 0.0409. The molecular formula is C23H42B2N6O11. The molecule has 0 saturated carbocycles. The van der Waals surface area contributed by atoms with E-state index in [1.54, 1.807) is 0 Å². The molecule has 0 aromatic heterocycles. The van der Waals surface area contributed by atoms with Crippen molar-refractivity contribution in [1.82, 2.24) is 5.43 Å². The van der Waals surface area contributed by atoms with Crippen LogP contribution >= 0.6 is 0 Å². The first kappa shape index (κ1) is 43.2. The third-order valence-electron chi connectivity index (χ3n) is 4.39. The number of esters is 3. The maximum Gasteiger partial charge on any atom is 0.309 e. The van der Waals surface area contributed by atoms with Gasteiger partial charge in [0.25, 0.3) is 0 Å². The summed E-state index contributed by atoms with van der Waals surface area (Å²) < 4.78 is 18.4. The molecule has 1 aliphatic rings. The van der Waals surface area contributed by atoms with E-state index in [9.17, 15) is 28.8 Å². The maximum atomic E-state index is 10.7. The number of aliphatic hydroxyl groups excluding tert-OH is 1. The summed E-state index contributed by atoms with van der Waals surface area (Å²) in [6.45, 7) is 5.08. The van der Waals surface area contributed by atoms with Crippen LogP contribution in [0.25, 0.3) is 0 Å². The topological polar surface area (TPSA) is 288 Å². The van der Waals surface area contributed by atoms with Crippen molar-refractivity contribution in [1.29, 1.82) is 0 Å². The third kappa shape index (κ3) is 27.0. The highest BCUT2D eigenvalue weighted by Gasteiger charge is 2.32. The summed E-state index contributed by atoms with van der Waals surface area (Å²) in [4.78, 5) is 62.5. The Hall–Kier alpha value is -3.22. The van der Waals surface area contributed by atoms with E-state index in [0.29, 0.717) is 6.61 Å². The van der Waals surface area contributed by atoms with E-state index in [1.165, 1.54) is 34.3 Å². The minimum absolute atomic E-state index is 0.0413. The van der Waals surface area contributed by atoms with Gasteiger partial charge in [-0.15, -0.1) is 0 Å². The zero-order valence-electron chi connectivity index (χ0n) is 24.5. The molecule has 42 heavy (non-hydrogen) atoms. The summed E-state index contributed by atoms with van der Waals surface area (Å²) in [6, 6.07) is -3.48. The second-order valence-corrected chi connectivity index (χ2v) is 8.42. The van der Waals surface area contributed by atoms with Gasteiger partial charge >= 0.3 is 17.9 Å². The van der Waals surface area contributed by atoms with Crippen LogP contribution in [-0.2, 0) is 47.7 Å². The fourth-order valence-electron chi connectivity index (χ4n) is 2.24. The number of ether oxygens (including phenoxy) is 4. The van der Waals surface area contributed by atoms with Crippen LogP contribution in [-0.4, -0.2) is 120 Å². The van der Waals surface area contributed by atoms with Crippen molar-refractivity contribution in [2.24, 2.45) is 28.0 Å². The number of carbonyl (C=O) groups excluding carboxylic acids is 6. The molecule has 0 aromatic carbocycles. The summed E-state index contributed by atoms with van der Waals surface area (Å²) in [7, 11) is 12.2. The van der Waals surface area contributed by atoms with Gasteiger partial charge in [-0.25, -0.2) is 5.43 Å². The number of ketones is 1. The number of nitrogens with one attached hydrogen (secondary N) is 1. The smallest absolute Gasteiger partial charge is 0.309 e. The summed E-state index contributed by atoms with van der Waals surface area (Å²) in [5.74, 6) is -1.58. The zero-order chi connectivity index (χ0) is 33.4. The lowest BCUT2D eigenvalue weighted by Crippen LogP contribution is -2.36. The average Bonchev–Trinajstić information content (AvgIpc) is 3.20. The molecule has 1 amide bonds. The van der Waals surface area contributed by atoms with Crippen LogP contribution in [0.3, 0.4) is 0 Å². The lowest BCUT2D eigenvalue weighted by molar-refractivity contribution is -0.162. The van der Waals surface area contributed by atoms with Gasteiger partial charge in [0.1, 0.15) is 13.6 Å². The van der Waals surface area contributed by atoms with Crippen LogP contribution in [0.4, 0.5) is 0 Å². The van der Waals surface area contributed by atoms with Gasteiger partial charge < -0.3 is 51.8 Å². The number of Topliss-reactive ketones (excluding diaryl/α,β-unsaturated/α-hetero) is 1. The monoisotopic (exact) mass is 600 g/mol. The molecule has 19 heteroatoms. The predicted octanol–water partition coefficient (Wildman–Crippen LogP) is -4.03. The van der Waals surface area contributed by atoms with Crippen molar-refractivity contribution in [2.45, 2.75) is 82.9 Å². The Morgan fingerprint density at radius 1 is 1.10 bits per heavy atom. The standard InChI is InChI=1S/C7H13N3O3.C6H11NO3.C5H8BNO3.C5H10BNO2/c1-5(11)10-9-4-6(8)3-7(12)13-2;1-2-9-6-4(7)3-5(8)10-6;1-10-4(8)2-3(7)5(6)9;1-3(8)2-4(7)5(6)9/h4,6H,3,8H2,1-2H3,(H,10,11);4,6H,2-3,7H2,1H3;3H,2,7H2,1H3;4-5,9H,2,7H2,1H3/b9-4+;;;. The molecule has 236 valence electrons. The first-order chi connectivity index (χ1) is 19.4. The number of hydrogen-bond acceptors (Lipinski definition) is 16. The van der Waals surface area contributed by atoms with Crippen molar-refractivity contribution < 1.29 is 52.8 Å². The fourth-order valence-corrected chi connectivity index (χ4v) is 2.24. The van der Waals surface area contributed by atoms with Gasteiger partial charge in [0, 0.05) is 38.2 Å². The van der Waals surface area contributed by atoms with Crippen LogP contribution in [0.2, 0.25) is 0 Å². The molecule has 4 radical (unpaired) electrons. The number of methoxy groups -OCH3 is 2. The van der Waals surface area contributed by atoms with Gasteiger partial charge in [-0.05, 0) is 13.8 Å². The number of amides is 1. The van der Waals surface area contributed by atoms with Gasteiger partial charge in [0.2, 0.25) is 12.2 Å². The Morgan fingerprint density at radius 3 is 1.95 bits per heavy atom. The zero-order valence-corrected chi connectivity index (χ0v) is 24.5. The van der Waals surface area contributed by atoms with E-state index < -0.39 is 48.0 Å². The van der Waals surface area contributed by atoms with Crippen molar-refractivity contribution in [3.8, 4) is 0 Å². The minimum atomic E-state index is -1.09. The molecule has 0 aromatic rings. The molecule has 0 bridgehead atoms. The van der Waals surface area contributed by atoms with Crippen LogP contribution in [0, 0.1) is 0 Å². The summed E-state index contributed by atoms with van der Waals surface area (Å²) in [6.07, 6.45) is 1.05. The molecular weight excluding hydrogens is 558 g/mol. The number of carbonyl (C=O) groups is 6. The Bertz CT molecular complexity index is 880. The second kappa shape index (κ2) is 25.5. The Kier molecular flexibility index (Phi) is 26.2. The number of nitrogens with zero attached hydrogens (tertiary/aromatic N) is 1. The molecule has 6 atom stereocenters. The van der Waals surface area contributed by atoms with Crippen LogP contribution < -0.4 is 28.4 Å². The lowest BCUT2D eigenvalue weighted by atomic mass is 9.90. The van der Waals surface area contributed by atoms with Crippen molar-refractivity contribution in [2.75, 3.05) is 20.8 Å². The van der Waals surface area contributed by atoms with E-state index in [0.717, 1.165) is 0 Å². The number of cyclic esters (lactones) is 1. The summed E-state index contributed by atoms with van der Waals surface area (Å²) in [5.41, 5.74) is 22.7. The highest BCUT2D eigenvalue weighted by molar-refractivity contribution is 6.59. The maximum absolute atomic E-state index is 10.7. The van der Waals surface area contributed by atoms with Gasteiger partial charge in [-0.3, -0.25) is 24.0 Å². The number of rotatable bonds is 12. The van der Waals surface area contributed by atoms with Gasteiger partial charge in [-0.2, -0.15) is 5.10 Å². The highest BCUT2D eigenvalue weighted by atomic mass is 16.7. The minimum Gasteiger partial charge on any atom is -0.469 e. The number of hydrogen-bond donors (Lipinski definition) is 6. The normalized spacial score (nSPS) is 18.1. The van der Waals surface area contributed by atoms with Gasteiger partial charge in [-0.1, -0.05) is 0 Å². The van der Waals surface area contributed by atoms with E-state index in [-0.39, 0.29) is 49.4 Å². The summed E-state index contributed by atoms with van der Waals surface area (Å²) in [5, 5.41) is 12.1. The molecule has 0 aliphatic carbocycles. The van der Waals surface area contributed by atoms with Crippen molar-refractivity contribution >= 4 is 57.2 Å². The fraction of sp³-hybridized carbons (Fsp3) is 0.696. The van der Waals surface area contributed by atoms with Crippen molar-refractivity contribution in [3.05, 3.63) is 0 Å². The Balaban J connectivity index is -0.000000487. The molecule has 6 unspecified atom stereocenters. The Morgan fingerprint density at radius 2 is 1.62 bits per heavy atom. The molecule has 0 spiro atoms. The van der Waals surface area contributed by atoms with Crippen LogP contribution in [0.1, 0.15) is 46.5 Å². The van der Waals surface area contributed by atoms with Crippen LogP contribution in [0.15, 0.2) is 5.10 Å². The predicted molar refractivity (Wildman–Crippen MR) is 151 cm³/mol.